The second-order valence-corrected chi connectivity index (χ2v) is 6.87. The van der Waals surface area contributed by atoms with E-state index in [4.69, 9.17) is 0 Å². The number of carbonyl (C=O) groups is 1. The predicted molar refractivity (Wildman–Crippen MR) is 99.6 cm³/mol. The van der Waals surface area contributed by atoms with Crippen LogP contribution in [-0.2, 0) is 11.2 Å². The van der Waals surface area contributed by atoms with Crippen molar-refractivity contribution in [1.29, 1.82) is 0 Å². The Kier molecular flexibility index (Phi) is 5.55. The van der Waals surface area contributed by atoms with Gasteiger partial charge in [0.05, 0.1) is 12.1 Å². The van der Waals surface area contributed by atoms with Crippen LogP contribution in [0.5, 0.6) is 0 Å². The summed E-state index contributed by atoms with van der Waals surface area (Å²) in [5.41, 5.74) is 2.75. The molecule has 7 heteroatoms. The Hall–Kier alpha value is -2.54. The molecule has 0 saturated heterocycles. The number of hydrogen-bond acceptors (Lipinski definition) is 5. The molecule has 1 amide bonds. The lowest BCUT2D eigenvalue weighted by Gasteiger charge is -2.05. The third-order valence-corrected chi connectivity index (χ3v) is 4.86. The summed E-state index contributed by atoms with van der Waals surface area (Å²) in [7, 11) is 0. The van der Waals surface area contributed by atoms with Crippen LogP contribution in [0, 0.1) is 0 Å². The van der Waals surface area contributed by atoms with Crippen LogP contribution in [0.15, 0.2) is 36.0 Å². The number of nitrogens with one attached hydrogen (secondary N) is 2. The average molecular weight is 355 g/mol. The first kappa shape index (κ1) is 17.3. The molecule has 0 fully saturated rings. The number of carbonyl (C=O) groups excluding carboxylic acids is 1. The Morgan fingerprint density at radius 3 is 3.08 bits per heavy atom. The van der Waals surface area contributed by atoms with Gasteiger partial charge in [-0.05, 0) is 24.5 Å². The van der Waals surface area contributed by atoms with Crippen LogP contribution in [0.4, 0.5) is 5.82 Å². The molecule has 1 atom stereocenters. The summed E-state index contributed by atoms with van der Waals surface area (Å²) < 4.78 is 0. The summed E-state index contributed by atoms with van der Waals surface area (Å²) in [5.74, 6) is 0.846. The van der Waals surface area contributed by atoms with Gasteiger partial charge in [-0.3, -0.25) is 14.9 Å². The SMILES string of the molecule is CCCC(C)c1cc(NC(=O)Cc2csc(-c3cccnc3)n2)n[nH]1. The third kappa shape index (κ3) is 4.51. The molecule has 0 aromatic carbocycles. The van der Waals surface area contributed by atoms with Crippen molar-refractivity contribution in [2.45, 2.75) is 39.0 Å². The minimum atomic E-state index is -0.121. The van der Waals surface area contributed by atoms with Crippen molar-refractivity contribution < 1.29 is 4.79 Å². The van der Waals surface area contributed by atoms with Gasteiger partial charge in [-0.2, -0.15) is 5.10 Å². The van der Waals surface area contributed by atoms with Crippen molar-refractivity contribution in [2.24, 2.45) is 0 Å². The number of aromatic amines is 1. The van der Waals surface area contributed by atoms with E-state index in [2.05, 4.69) is 39.3 Å². The fourth-order valence-electron chi connectivity index (χ4n) is 2.60. The highest BCUT2D eigenvalue weighted by Gasteiger charge is 2.13. The fourth-order valence-corrected chi connectivity index (χ4v) is 3.41. The first-order valence-electron chi connectivity index (χ1n) is 8.35. The monoisotopic (exact) mass is 355 g/mol. The second kappa shape index (κ2) is 8.02. The molecule has 0 aliphatic heterocycles. The van der Waals surface area contributed by atoms with Crippen LogP contribution in [0.1, 0.15) is 44.0 Å². The van der Waals surface area contributed by atoms with Gasteiger partial charge in [-0.15, -0.1) is 11.3 Å². The van der Waals surface area contributed by atoms with E-state index in [1.807, 2.05) is 23.6 Å². The van der Waals surface area contributed by atoms with Crippen molar-refractivity contribution in [3.8, 4) is 10.6 Å². The summed E-state index contributed by atoms with van der Waals surface area (Å²) in [5, 5.41) is 12.8. The van der Waals surface area contributed by atoms with Gasteiger partial charge in [0.2, 0.25) is 5.91 Å². The summed E-state index contributed by atoms with van der Waals surface area (Å²) in [6.45, 7) is 4.31. The quantitative estimate of drug-likeness (QED) is 0.670. The molecule has 6 nitrogen and oxygen atoms in total. The average Bonchev–Trinajstić information content (AvgIpc) is 3.25. The molecule has 130 valence electrons. The van der Waals surface area contributed by atoms with Gasteiger partial charge in [0.25, 0.3) is 0 Å². The van der Waals surface area contributed by atoms with Gasteiger partial charge in [-0.25, -0.2) is 4.98 Å². The Labute approximate surface area is 150 Å². The van der Waals surface area contributed by atoms with E-state index in [9.17, 15) is 4.79 Å². The van der Waals surface area contributed by atoms with Gasteiger partial charge in [0.15, 0.2) is 5.82 Å². The highest BCUT2D eigenvalue weighted by Crippen LogP contribution is 2.23. The molecule has 25 heavy (non-hydrogen) atoms. The molecule has 3 heterocycles. The van der Waals surface area contributed by atoms with Crippen molar-refractivity contribution in [2.75, 3.05) is 5.32 Å². The number of hydrogen-bond donors (Lipinski definition) is 2. The van der Waals surface area contributed by atoms with Crippen LogP contribution in [0.25, 0.3) is 10.6 Å². The van der Waals surface area contributed by atoms with E-state index in [0.29, 0.717) is 11.7 Å². The standard InChI is InChI=1S/C18H21N5OS/c1-3-5-12(2)15-9-16(23-22-15)21-17(24)8-14-11-25-18(20-14)13-6-4-7-19-10-13/h4,6-7,9-12H,3,5,8H2,1-2H3,(H2,21,22,23,24). The number of anilines is 1. The molecule has 0 aliphatic rings. The summed E-state index contributed by atoms with van der Waals surface area (Å²) in [4.78, 5) is 20.8. The molecule has 1 unspecified atom stereocenters. The molecular formula is C18H21N5OS. The van der Waals surface area contributed by atoms with Gasteiger partial charge >= 0.3 is 0 Å². The van der Waals surface area contributed by atoms with Crippen molar-refractivity contribution >= 4 is 23.1 Å². The lowest BCUT2D eigenvalue weighted by atomic mass is 10.0. The van der Waals surface area contributed by atoms with Crippen LogP contribution in [0.2, 0.25) is 0 Å². The van der Waals surface area contributed by atoms with Crippen LogP contribution in [-0.4, -0.2) is 26.1 Å². The Morgan fingerprint density at radius 1 is 1.44 bits per heavy atom. The largest absolute Gasteiger partial charge is 0.309 e. The maximum absolute atomic E-state index is 12.2. The van der Waals surface area contributed by atoms with E-state index < -0.39 is 0 Å². The minimum Gasteiger partial charge on any atom is -0.309 e. The maximum atomic E-state index is 12.2. The molecule has 2 N–H and O–H groups in total. The lowest BCUT2D eigenvalue weighted by molar-refractivity contribution is -0.115. The molecule has 0 aliphatic carbocycles. The highest BCUT2D eigenvalue weighted by atomic mass is 32.1. The zero-order valence-electron chi connectivity index (χ0n) is 14.3. The molecule has 3 aromatic heterocycles. The number of nitrogens with zero attached hydrogens (tertiary/aromatic N) is 3. The fraction of sp³-hybridized carbons (Fsp3) is 0.333. The van der Waals surface area contributed by atoms with Crippen LogP contribution < -0.4 is 5.32 Å². The Balaban J connectivity index is 1.59. The Bertz CT molecular complexity index is 827. The number of H-pyrrole nitrogens is 1. The second-order valence-electron chi connectivity index (χ2n) is 6.01. The van der Waals surface area contributed by atoms with Crippen LogP contribution >= 0.6 is 11.3 Å². The predicted octanol–water partition coefficient (Wildman–Crippen LogP) is 4.01. The zero-order chi connectivity index (χ0) is 17.6. The van der Waals surface area contributed by atoms with Crippen molar-refractivity contribution in [3.05, 3.63) is 47.4 Å². The van der Waals surface area contributed by atoms with Gasteiger partial charge in [0.1, 0.15) is 5.01 Å². The first-order chi connectivity index (χ1) is 12.2. The minimum absolute atomic E-state index is 0.121. The summed E-state index contributed by atoms with van der Waals surface area (Å²) >= 11 is 1.51. The number of pyridine rings is 1. The summed E-state index contributed by atoms with van der Waals surface area (Å²) in [6, 6.07) is 5.73. The number of thiazole rings is 1. The van der Waals surface area contributed by atoms with Crippen molar-refractivity contribution in [1.82, 2.24) is 20.2 Å². The molecule has 0 radical (unpaired) electrons. The lowest BCUT2D eigenvalue weighted by Crippen LogP contribution is -2.14. The maximum Gasteiger partial charge on any atom is 0.231 e. The zero-order valence-corrected chi connectivity index (χ0v) is 15.1. The van der Waals surface area contributed by atoms with E-state index in [1.54, 1.807) is 12.4 Å². The number of aromatic nitrogens is 4. The van der Waals surface area contributed by atoms with E-state index in [1.165, 1.54) is 11.3 Å². The van der Waals surface area contributed by atoms with E-state index >= 15 is 0 Å². The van der Waals surface area contributed by atoms with Gasteiger partial charge in [0, 0.05) is 35.1 Å². The topological polar surface area (TPSA) is 83.6 Å². The van der Waals surface area contributed by atoms with Crippen LogP contribution in [0.3, 0.4) is 0 Å². The molecule has 0 bridgehead atoms. The smallest absolute Gasteiger partial charge is 0.231 e. The molecule has 0 saturated carbocycles. The molecule has 3 aromatic rings. The normalized spacial score (nSPS) is 12.1. The van der Waals surface area contributed by atoms with Gasteiger partial charge < -0.3 is 5.32 Å². The third-order valence-electron chi connectivity index (χ3n) is 3.92. The van der Waals surface area contributed by atoms with Crippen molar-refractivity contribution in [3.63, 3.8) is 0 Å². The van der Waals surface area contributed by atoms with E-state index in [0.717, 1.165) is 34.8 Å². The summed E-state index contributed by atoms with van der Waals surface area (Å²) in [6.07, 6.45) is 5.93. The first-order valence-corrected chi connectivity index (χ1v) is 9.23. The van der Waals surface area contributed by atoms with Gasteiger partial charge in [-0.1, -0.05) is 20.3 Å². The molecular weight excluding hydrogens is 334 g/mol. The van der Waals surface area contributed by atoms with E-state index in [-0.39, 0.29) is 12.3 Å². The number of amides is 1. The molecule has 0 spiro atoms. The molecule has 3 rings (SSSR count). The number of rotatable bonds is 7. The Morgan fingerprint density at radius 2 is 2.32 bits per heavy atom. The highest BCUT2D eigenvalue weighted by molar-refractivity contribution is 7.13.